The first-order valence-electron chi connectivity index (χ1n) is 7.96. The number of hydrogen-bond donors (Lipinski definition) is 0. The van der Waals surface area contributed by atoms with Crippen molar-refractivity contribution in [2.75, 3.05) is 0 Å². The molecule has 0 heteroatoms. The summed E-state index contributed by atoms with van der Waals surface area (Å²) in [6, 6.07) is 0. The summed E-state index contributed by atoms with van der Waals surface area (Å²) >= 11 is 0. The van der Waals surface area contributed by atoms with Gasteiger partial charge < -0.3 is 0 Å². The van der Waals surface area contributed by atoms with Crippen molar-refractivity contribution in [2.24, 2.45) is 23.7 Å². The van der Waals surface area contributed by atoms with Crippen molar-refractivity contribution in [3.05, 3.63) is 34.9 Å². The highest BCUT2D eigenvalue weighted by molar-refractivity contribution is 5.57. The molecule has 96 valence electrons. The van der Waals surface area contributed by atoms with Crippen LogP contribution in [0.15, 0.2) is 34.9 Å². The van der Waals surface area contributed by atoms with Gasteiger partial charge in [-0.05, 0) is 66.1 Å². The molecule has 4 unspecified atom stereocenters. The summed E-state index contributed by atoms with van der Waals surface area (Å²) < 4.78 is 0. The summed E-state index contributed by atoms with van der Waals surface area (Å²) in [6.45, 7) is 2.45. The molecule has 4 rings (SSSR count). The minimum atomic E-state index is 0.846. The van der Waals surface area contributed by atoms with Crippen LogP contribution in [0.25, 0.3) is 0 Å². The number of hydrogen-bond acceptors (Lipinski definition) is 0. The van der Waals surface area contributed by atoms with Gasteiger partial charge in [0.15, 0.2) is 0 Å². The molecule has 3 saturated carbocycles. The average molecular weight is 240 g/mol. The van der Waals surface area contributed by atoms with Crippen molar-refractivity contribution in [1.29, 1.82) is 0 Å². The highest BCUT2D eigenvalue weighted by atomic mass is 14.5. The Balaban J connectivity index is 1.59. The van der Waals surface area contributed by atoms with Gasteiger partial charge in [0.2, 0.25) is 0 Å². The maximum Gasteiger partial charge on any atom is -0.0153 e. The Morgan fingerprint density at radius 1 is 0.944 bits per heavy atom. The van der Waals surface area contributed by atoms with Crippen LogP contribution in [0.4, 0.5) is 0 Å². The SMILES string of the molecule is CC1CCCCC1C=C1C=C2C(=C1)C1CCC2C1. The van der Waals surface area contributed by atoms with Gasteiger partial charge in [0, 0.05) is 0 Å². The second kappa shape index (κ2) is 4.11. The summed E-state index contributed by atoms with van der Waals surface area (Å²) in [5.41, 5.74) is 5.00. The molecule has 0 aromatic heterocycles. The quantitative estimate of drug-likeness (QED) is 0.602. The first-order valence-corrected chi connectivity index (χ1v) is 7.96. The fourth-order valence-corrected chi connectivity index (χ4v) is 4.76. The fraction of sp³-hybridized carbons (Fsp3) is 0.667. The molecule has 4 aliphatic carbocycles. The van der Waals surface area contributed by atoms with Crippen LogP contribution in [0.1, 0.15) is 51.9 Å². The van der Waals surface area contributed by atoms with E-state index in [0.29, 0.717) is 0 Å². The van der Waals surface area contributed by atoms with Crippen molar-refractivity contribution in [3.8, 4) is 0 Å². The van der Waals surface area contributed by atoms with Crippen LogP contribution in [-0.2, 0) is 0 Å². The predicted octanol–water partition coefficient (Wildman–Crippen LogP) is 5.04. The van der Waals surface area contributed by atoms with Crippen LogP contribution >= 0.6 is 0 Å². The Morgan fingerprint density at radius 3 is 2.28 bits per heavy atom. The summed E-state index contributed by atoms with van der Waals surface area (Å²) in [6.07, 6.45) is 17.8. The third-order valence-corrected chi connectivity index (χ3v) is 5.87. The molecule has 3 fully saturated rings. The summed E-state index contributed by atoms with van der Waals surface area (Å²) in [7, 11) is 0. The van der Waals surface area contributed by atoms with Gasteiger partial charge in [0.05, 0.1) is 0 Å². The van der Waals surface area contributed by atoms with Crippen molar-refractivity contribution >= 4 is 0 Å². The number of allylic oxidation sites excluding steroid dienone is 6. The first-order chi connectivity index (χ1) is 8.81. The Kier molecular flexibility index (Phi) is 2.53. The molecule has 0 N–H and O–H groups in total. The zero-order valence-corrected chi connectivity index (χ0v) is 11.5. The van der Waals surface area contributed by atoms with Crippen LogP contribution in [-0.4, -0.2) is 0 Å². The molecule has 4 aliphatic rings. The minimum absolute atomic E-state index is 0.846. The molecule has 0 heterocycles. The molecule has 0 aliphatic heterocycles. The van der Waals surface area contributed by atoms with Crippen molar-refractivity contribution < 1.29 is 0 Å². The second-order valence-electron chi connectivity index (χ2n) is 7.00. The van der Waals surface area contributed by atoms with Gasteiger partial charge in [0.1, 0.15) is 0 Å². The molecule has 4 atom stereocenters. The zero-order valence-electron chi connectivity index (χ0n) is 11.5. The molecule has 0 radical (unpaired) electrons. The van der Waals surface area contributed by atoms with Gasteiger partial charge in [-0.2, -0.15) is 0 Å². The smallest absolute Gasteiger partial charge is 0.0153 e. The second-order valence-corrected chi connectivity index (χ2v) is 7.00. The molecule has 0 aromatic carbocycles. The van der Waals surface area contributed by atoms with E-state index in [2.05, 4.69) is 25.2 Å². The normalized spacial score (nSPS) is 41.7. The van der Waals surface area contributed by atoms with E-state index in [9.17, 15) is 0 Å². The Labute approximate surface area is 111 Å². The van der Waals surface area contributed by atoms with Crippen LogP contribution in [0, 0.1) is 23.7 Å². The Morgan fingerprint density at radius 2 is 1.61 bits per heavy atom. The number of fused-ring (bicyclic) bond motifs is 5. The molecular weight excluding hydrogens is 216 g/mol. The minimum Gasteiger partial charge on any atom is -0.0739 e. The van der Waals surface area contributed by atoms with Crippen LogP contribution in [0.3, 0.4) is 0 Å². The van der Waals surface area contributed by atoms with Gasteiger partial charge in [0.25, 0.3) is 0 Å². The standard InChI is InChI=1S/C18H24/c1-12-4-2-3-5-14(12)8-13-9-17-15-6-7-16(11-15)18(17)10-13/h8-10,12,14-16H,2-7,11H2,1H3. The van der Waals surface area contributed by atoms with E-state index in [1.165, 1.54) is 44.9 Å². The molecule has 0 amide bonds. The van der Waals surface area contributed by atoms with Crippen LogP contribution < -0.4 is 0 Å². The molecule has 2 bridgehead atoms. The Hall–Kier alpha value is -0.780. The topological polar surface area (TPSA) is 0 Å². The van der Waals surface area contributed by atoms with E-state index in [-0.39, 0.29) is 0 Å². The monoisotopic (exact) mass is 240 g/mol. The van der Waals surface area contributed by atoms with Crippen LogP contribution in [0.5, 0.6) is 0 Å². The van der Waals surface area contributed by atoms with E-state index < -0.39 is 0 Å². The van der Waals surface area contributed by atoms with E-state index >= 15 is 0 Å². The largest absolute Gasteiger partial charge is 0.0739 e. The highest BCUT2D eigenvalue weighted by Gasteiger charge is 2.41. The summed E-state index contributed by atoms with van der Waals surface area (Å²) in [4.78, 5) is 0. The van der Waals surface area contributed by atoms with Gasteiger partial charge in [-0.3, -0.25) is 0 Å². The van der Waals surface area contributed by atoms with Gasteiger partial charge >= 0.3 is 0 Å². The predicted molar refractivity (Wildman–Crippen MR) is 76.2 cm³/mol. The third kappa shape index (κ3) is 1.65. The van der Waals surface area contributed by atoms with Crippen molar-refractivity contribution in [1.82, 2.24) is 0 Å². The van der Waals surface area contributed by atoms with Crippen LogP contribution in [0.2, 0.25) is 0 Å². The lowest BCUT2D eigenvalue weighted by atomic mass is 9.79. The lowest BCUT2D eigenvalue weighted by Gasteiger charge is -2.26. The number of rotatable bonds is 1. The molecular formula is C18H24. The lowest BCUT2D eigenvalue weighted by molar-refractivity contribution is 0.306. The first kappa shape index (κ1) is 11.1. The summed E-state index contributed by atoms with van der Waals surface area (Å²) in [5.74, 6) is 3.60. The molecule has 0 nitrogen and oxygen atoms in total. The zero-order chi connectivity index (χ0) is 12.1. The van der Waals surface area contributed by atoms with Gasteiger partial charge in [-0.15, -0.1) is 0 Å². The van der Waals surface area contributed by atoms with E-state index in [1.54, 1.807) is 16.7 Å². The Bertz CT molecular complexity index is 421. The highest BCUT2D eigenvalue weighted by Crippen LogP contribution is 2.54. The summed E-state index contributed by atoms with van der Waals surface area (Å²) in [5, 5.41) is 0. The molecule has 0 spiro atoms. The molecule has 18 heavy (non-hydrogen) atoms. The third-order valence-electron chi connectivity index (χ3n) is 5.87. The fourth-order valence-electron chi connectivity index (χ4n) is 4.76. The lowest BCUT2D eigenvalue weighted by Crippen LogP contribution is -2.14. The average Bonchev–Trinajstić information content (AvgIpc) is 3.03. The van der Waals surface area contributed by atoms with Gasteiger partial charge in [-0.1, -0.05) is 44.4 Å². The van der Waals surface area contributed by atoms with Gasteiger partial charge in [-0.25, -0.2) is 0 Å². The molecule has 0 aromatic rings. The molecule has 0 saturated heterocycles. The van der Waals surface area contributed by atoms with Crippen molar-refractivity contribution in [2.45, 2.75) is 51.9 Å². The van der Waals surface area contributed by atoms with E-state index in [1.807, 2.05) is 0 Å². The maximum absolute atomic E-state index is 2.60. The van der Waals surface area contributed by atoms with Crippen molar-refractivity contribution in [3.63, 3.8) is 0 Å². The van der Waals surface area contributed by atoms with E-state index in [4.69, 9.17) is 0 Å². The van der Waals surface area contributed by atoms with E-state index in [0.717, 1.165) is 23.7 Å². The maximum atomic E-state index is 2.60.